The summed E-state index contributed by atoms with van der Waals surface area (Å²) in [6, 6.07) is 5.35. The van der Waals surface area contributed by atoms with Gasteiger partial charge in [-0.25, -0.2) is 0 Å². The first-order valence-electron chi connectivity index (χ1n) is 5.32. The number of hydrogen-bond acceptors (Lipinski definition) is 3. The molecule has 16 heavy (non-hydrogen) atoms. The fourth-order valence-corrected chi connectivity index (χ4v) is 2.39. The molecule has 1 fully saturated rings. The Bertz CT molecular complexity index is 403. The minimum atomic E-state index is -0.350. The number of benzene rings is 1. The van der Waals surface area contributed by atoms with Gasteiger partial charge in [0.15, 0.2) is 0 Å². The fraction of sp³-hybridized carbons (Fsp3) is 0.455. The molecule has 1 heterocycles. The van der Waals surface area contributed by atoms with Crippen LogP contribution < -0.4 is 0 Å². The molecule has 1 aliphatic heterocycles. The topological polar surface area (TPSA) is 46.4 Å². The molecule has 0 radical (unpaired) electrons. The van der Waals surface area contributed by atoms with Crippen molar-refractivity contribution in [2.45, 2.75) is 19.4 Å². The zero-order valence-corrected chi connectivity index (χ0v) is 10.4. The lowest BCUT2D eigenvalue weighted by Crippen LogP contribution is -2.18. The third kappa shape index (κ3) is 2.59. The summed E-state index contributed by atoms with van der Waals surface area (Å²) in [4.78, 5) is 12.7. The summed E-state index contributed by atoms with van der Waals surface area (Å²) in [6.45, 7) is 3.02. The molecule has 5 heteroatoms. The van der Waals surface area contributed by atoms with E-state index < -0.39 is 0 Å². The van der Waals surface area contributed by atoms with Gasteiger partial charge in [0.25, 0.3) is 5.69 Å². The molecule has 4 nitrogen and oxygen atoms in total. The van der Waals surface area contributed by atoms with Crippen LogP contribution in [0.15, 0.2) is 22.7 Å². The van der Waals surface area contributed by atoms with Crippen LogP contribution in [-0.2, 0) is 6.54 Å². The Balaban J connectivity index is 2.15. The van der Waals surface area contributed by atoms with E-state index in [1.54, 1.807) is 12.1 Å². The molecule has 0 atom stereocenters. The van der Waals surface area contributed by atoms with Gasteiger partial charge in [0, 0.05) is 12.6 Å². The Morgan fingerprint density at radius 2 is 2.06 bits per heavy atom. The summed E-state index contributed by atoms with van der Waals surface area (Å²) < 4.78 is 0.544. The highest BCUT2D eigenvalue weighted by molar-refractivity contribution is 9.10. The van der Waals surface area contributed by atoms with Crippen molar-refractivity contribution in [3.8, 4) is 0 Å². The van der Waals surface area contributed by atoms with Gasteiger partial charge in [-0.05, 0) is 53.5 Å². The molecule has 0 unspecified atom stereocenters. The van der Waals surface area contributed by atoms with E-state index in [9.17, 15) is 10.1 Å². The van der Waals surface area contributed by atoms with Crippen molar-refractivity contribution in [2.75, 3.05) is 13.1 Å². The maximum absolute atomic E-state index is 10.8. The van der Waals surface area contributed by atoms with E-state index >= 15 is 0 Å². The Hall–Kier alpha value is -0.940. The average Bonchev–Trinajstić information content (AvgIpc) is 2.73. The summed E-state index contributed by atoms with van der Waals surface area (Å²) in [5, 5.41) is 10.8. The maximum atomic E-state index is 10.8. The van der Waals surface area contributed by atoms with Gasteiger partial charge in [-0.1, -0.05) is 6.07 Å². The van der Waals surface area contributed by atoms with Crippen molar-refractivity contribution in [1.82, 2.24) is 4.90 Å². The molecular formula is C11H13BrN2O2. The molecule has 0 amide bonds. The summed E-state index contributed by atoms with van der Waals surface area (Å²) in [7, 11) is 0. The fourth-order valence-electron chi connectivity index (χ4n) is 2.00. The molecule has 0 aliphatic carbocycles. The van der Waals surface area contributed by atoms with Crippen molar-refractivity contribution in [3.63, 3.8) is 0 Å². The van der Waals surface area contributed by atoms with E-state index in [1.165, 1.54) is 12.8 Å². The van der Waals surface area contributed by atoms with E-state index in [1.807, 2.05) is 6.07 Å². The van der Waals surface area contributed by atoms with Crippen molar-refractivity contribution in [3.05, 3.63) is 38.3 Å². The highest BCUT2D eigenvalue weighted by Gasteiger charge is 2.15. The van der Waals surface area contributed by atoms with E-state index in [0.717, 1.165) is 25.2 Å². The van der Waals surface area contributed by atoms with Crippen LogP contribution in [0.3, 0.4) is 0 Å². The quantitative estimate of drug-likeness (QED) is 0.633. The number of hydrogen-bond donors (Lipinski definition) is 0. The number of likely N-dealkylation sites (tertiary alicyclic amines) is 1. The number of nitro groups is 1. The van der Waals surface area contributed by atoms with Crippen molar-refractivity contribution >= 4 is 21.6 Å². The van der Waals surface area contributed by atoms with Gasteiger partial charge in [-0.3, -0.25) is 15.0 Å². The van der Waals surface area contributed by atoms with Crippen LogP contribution in [0.25, 0.3) is 0 Å². The van der Waals surface area contributed by atoms with Gasteiger partial charge in [0.2, 0.25) is 0 Å². The number of rotatable bonds is 3. The molecule has 0 spiro atoms. The number of nitro benzene ring substituents is 1. The van der Waals surface area contributed by atoms with E-state index in [0.29, 0.717) is 4.47 Å². The predicted molar refractivity (Wildman–Crippen MR) is 65.3 cm³/mol. The maximum Gasteiger partial charge on any atom is 0.283 e. The van der Waals surface area contributed by atoms with E-state index in [4.69, 9.17) is 0 Å². The SMILES string of the molecule is O=[N+]([O-])c1cc(CN2CCCC2)ccc1Br. The van der Waals surface area contributed by atoms with Crippen LogP contribution in [-0.4, -0.2) is 22.9 Å². The summed E-state index contributed by atoms with van der Waals surface area (Å²) in [5.74, 6) is 0. The molecule has 0 saturated carbocycles. The third-order valence-corrected chi connectivity index (χ3v) is 3.48. The molecule has 1 saturated heterocycles. The number of halogens is 1. The normalized spacial score (nSPS) is 16.6. The zero-order chi connectivity index (χ0) is 11.5. The van der Waals surface area contributed by atoms with Gasteiger partial charge in [-0.2, -0.15) is 0 Å². The first-order chi connectivity index (χ1) is 7.66. The van der Waals surface area contributed by atoms with Gasteiger partial charge in [0.1, 0.15) is 0 Å². The second-order valence-electron chi connectivity index (χ2n) is 4.03. The highest BCUT2D eigenvalue weighted by Crippen LogP contribution is 2.26. The van der Waals surface area contributed by atoms with E-state index in [2.05, 4.69) is 20.8 Å². The molecule has 0 N–H and O–H groups in total. The third-order valence-electron chi connectivity index (χ3n) is 2.81. The van der Waals surface area contributed by atoms with Crippen LogP contribution in [0.4, 0.5) is 5.69 Å². The van der Waals surface area contributed by atoms with Crippen LogP contribution in [0.2, 0.25) is 0 Å². The lowest BCUT2D eigenvalue weighted by atomic mass is 10.2. The largest absolute Gasteiger partial charge is 0.299 e. The van der Waals surface area contributed by atoms with Gasteiger partial charge >= 0.3 is 0 Å². The lowest BCUT2D eigenvalue weighted by molar-refractivity contribution is -0.385. The number of nitrogens with zero attached hydrogens (tertiary/aromatic N) is 2. The lowest BCUT2D eigenvalue weighted by Gasteiger charge is -2.14. The second kappa shape index (κ2) is 4.93. The smallest absolute Gasteiger partial charge is 0.283 e. The molecule has 2 rings (SSSR count). The minimum Gasteiger partial charge on any atom is -0.299 e. The monoisotopic (exact) mass is 284 g/mol. The second-order valence-corrected chi connectivity index (χ2v) is 4.88. The van der Waals surface area contributed by atoms with Crippen molar-refractivity contribution in [2.24, 2.45) is 0 Å². The van der Waals surface area contributed by atoms with Crippen LogP contribution >= 0.6 is 15.9 Å². The Morgan fingerprint density at radius 1 is 1.38 bits per heavy atom. The summed E-state index contributed by atoms with van der Waals surface area (Å²) in [5.41, 5.74) is 1.16. The summed E-state index contributed by atoms with van der Waals surface area (Å²) >= 11 is 3.19. The molecule has 0 aromatic heterocycles. The molecular weight excluding hydrogens is 272 g/mol. The van der Waals surface area contributed by atoms with Gasteiger partial charge in [-0.15, -0.1) is 0 Å². The van der Waals surface area contributed by atoms with Gasteiger partial charge in [0.05, 0.1) is 9.40 Å². The van der Waals surface area contributed by atoms with Crippen molar-refractivity contribution < 1.29 is 4.92 Å². The Labute approximate surface area is 103 Å². The Kier molecular flexibility index (Phi) is 3.56. The molecule has 0 bridgehead atoms. The molecule has 1 aromatic rings. The van der Waals surface area contributed by atoms with Crippen molar-refractivity contribution in [1.29, 1.82) is 0 Å². The Morgan fingerprint density at radius 3 is 2.69 bits per heavy atom. The van der Waals surface area contributed by atoms with Crippen LogP contribution in [0.5, 0.6) is 0 Å². The van der Waals surface area contributed by atoms with Crippen LogP contribution in [0.1, 0.15) is 18.4 Å². The van der Waals surface area contributed by atoms with E-state index in [-0.39, 0.29) is 10.6 Å². The minimum absolute atomic E-state index is 0.150. The standard InChI is InChI=1S/C11H13BrN2O2/c12-10-4-3-9(7-11(10)14(15)16)8-13-5-1-2-6-13/h3-4,7H,1-2,5-6,8H2. The molecule has 1 aromatic carbocycles. The summed E-state index contributed by atoms with van der Waals surface area (Å²) in [6.07, 6.45) is 2.47. The first kappa shape index (κ1) is 11.5. The average molecular weight is 285 g/mol. The highest BCUT2D eigenvalue weighted by atomic mass is 79.9. The first-order valence-corrected chi connectivity index (χ1v) is 6.11. The zero-order valence-electron chi connectivity index (χ0n) is 8.86. The van der Waals surface area contributed by atoms with Crippen LogP contribution in [0, 0.1) is 10.1 Å². The molecule has 1 aliphatic rings. The van der Waals surface area contributed by atoms with Gasteiger partial charge < -0.3 is 0 Å². The predicted octanol–water partition coefficient (Wildman–Crippen LogP) is 2.95. The molecule has 86 valence electrons.